The Labute approximate surface area is 141 Å². The number of aromatic hydroxyl groups is 1. The molecule has 0 saturated heterocycles. The van der Waals surface area contributed by atoms with Gasteiger partial charge in [0, 0.05) is 17.6 Å². The zero-order chi connectivity index (χ0) is 16.2. The normalized spacial score (nSPS) is 19.0. The zero-order valence-corrected chi connectivity index (χ0v) is 13.8. The Kier molecular flexibility index (Phi) is 5.21. The summed E-state index contributed by atoms with van der Waals surface area (Å²) < 4.78 is 0. The summed E-state index contributed by atoms with van der Waals surface area (Å²) in [5.41, 5.74) is 3.36. The van der Waals surface area contributed by atoms with Crippen LogP contribution in [0.5, 0.6) is 5.75 Å². The van der Waals surface area contributed by atoms with E-state index < -0.39 is 6.10 Å². The summed E-state index contributed by atoms with van der Waals surface area (Å²) in [7, 11) is 0. The number of hydrogen-bond acceptors (Lipinski definition) is 3. The van der Waals surface area contributed by atoms with Gasteiger partial charge in [-0.1, -0.05) is 29.8 Å². The highest BCUT2D eigenvalue weighted by molar-refractivity contribution is 6.30. The first-order valence-corrected chi connectivity index (χ1v) is 8.47. The van der Waals surface area contributed by atoms with Crippen LogP contribution in [0.15, 0.2) is 42.5 Å². The van der Waals surface area contributed by atoms with E-state index in [1.165, 1.54) is 11.1 Å². The molecule has 1 aliphatic carbocycles. The minimum absolute atomic E-state index is 0.312. The van der Waals surface area contributed by atoms with Crippen molar-refractivity contribution in [1.82, 2.24) is 5.32 Å². The quantitative estimate of drug-likeness (QED) is 0.750. The van der Waals surface area contributed by atoms with Gasteiger partial charge in [-0.25, -0.2) is 0 Å². The lowest BCUT2D eigenvalue weighted by molar-refractivity contribution is 0.169. The smallest absolute Gasteiger partial charge is 0.115 e. The molecule has 3 nitrogen and oxygen atoms in total. The van der Waals surface area contributed by atoms with Crippen LogP contribution in [0.2, 0.25) is 5.02 Å². The lowest BCUT2D eigenvalue weighted by Gasteiger charge is -2.20. The molecule has 2 atom stereocenters. The van der Waals surface area contributed by atoms with E-state index >= 15 is 0 Å². The summed E-state index contributed by atoms with van der Waals surface area (Å²) in [6, 6.07) is 13.3. The first-order valence-electron chi connectivity index (χ1n) is 8.09. The van der Waals surface area contributed by atoms with E-state index in [9.17, 15) is 10.2 Å². The fraction of sp³-hybridized carbons (Fsp3) is 0.368. The van der Waals surface area contributed by atoms with E-state index in [-0.39, 0.29) is 0 Å². The van der Waals surface area contributed by atoms with Gasteiger partial charge < -0.3 is 15.5 Å². The van der Waals surface area contributed by atoms with Crippen molar-refractivity contribution in [2.24, 2.45) is 0 Å². The van der Waals surface area contributed by atoms with E-state index in [1.54, 1.807) is 18.2 Å². The van der Waals surface area contributed by atoms with Crippen LogP contribution in [0.3, 0.4) is 0 Å². The maximum atomic E-state index is 10.3. The van der Waals surface area contributed by atoms with Crippen LogP contribution in [0.4, 0.5) is 0 Å². The highest BCUT2D eigenvalue weighted by atomic mass is 35.5. The molecule has 0 bridgehead atoms. The summed E-state index contributed by atoms with van der Waals surface area (Å²) in [5.74, 6) is 0.323. The molecule has 3 rings (SSSR count). The average Bonchev–Trinajstić information content (AvgIpc) is 2.74. The standard InChI is InChI=1S/C19H22ClNO2/c20-16-5-1-4-14(9-16)19(23)12-21-17-6-2-3-13-7-8-18(22)11-15(13)10-17/h1,4-5,7-9,11,17,19,21-23H,2-3,6,10,12H2/t17-,19-/m0/s1. The van der Waals surface area contributed by atoms with Crippen molar-refractivity contribution in [3.8, 4) is 5.75 Å². The van der Waals surface area contributed by atoms with Gasteiger partial charge in [0.15, 0.2) is 0 Å². The van der Waals surface area contributed by atoms with Gasteiger partial charge in [-0.2, -0.15) is 0 Å². The number of halogens is 1. The number of phenolic OH excluding ortho intramolecular Hbond substituents is 1. The highest BCUT2D eigenvalue weighted by Gasteiger charge is 2.18. The molecule has 122 valence electrons. The fourth-order valence-electron chi connectivity index (χ4n) is 3.24. The number of phenols is 1. The minimum atomic E-state index is -0.569. The van der Waals surface area contributed by atoms with Crippen molar-refractivity contribution in [1.29, 1.82) is 0 Å². The first-order chi connectivity index (χ1) is 11.1. The average molecular weight is 332 g/mol. The van der Waals surface area contributed by atoms with Crippen molar-refractivity contribution >= 4 is 11.6 Å². The Bertz CT molecular complexity index is 674. The topological polar surface area (TPSA) is 52.5 Å². The molecule has 0 aromatic heterocycles. The minimum Gasteiger partial charge on any atom is -0.508 e. The molecule has 0 heterocycles. The Morgan fingerprint density at radius 2 is 2.04 bits per heavy atom. The number of aliphatic hydroxyl groups is 1. The highest BCUT2D eigenvalue weighted by Crippen LogP contribution is 2.25. The number of benzene rings is 2. The molecule has 2 aromatic rings. The third-order valence-corrected chi connectivity index (χ3v) is 4.72. The van der Waals surface area contributed by atoms with E-state index in [0.29, 0.717) is 23.4 Å². The van der Waals surface area contributed by atoms with Crippen LogP contribution in [0.1, 0.15) is 35.6 Å². The summed E-state index contributed by atoms with van der Waals surface area (Å²) in [6.07, 6.45) is 3.54. The number of aliphatic hydroxyl groups excluding tert-OH is 1. The Balaban J connectivity index is 1.62. The fourth-order valence-corrected chi connectivity index (χ4v) is 3.44. The van der Waals surface area contributed by atoms with Gasteiger partial charge in [-0.3, -0.25) is 0 Å². The maximum Gasteiger partial charge on any atom is 0.115 e. The Morgan fingerprint density at radius 3 is 2.87 bits per heavy atom. The van der Waals surface area contributed by atoms with E-state index in [1.807, 2.05) is 24.3 Å². The molecule has 0 fully saturated rings. The molecule has 0 spiro atoms. The van der Waals surface area contributed by atoms with Gasteiger partial charge in [0.2, 0.25) is 0 Å². The van der Waals surface area contributed by atoms with Crippen LogP contribution >= 0.6 is 11.6 Å². The van der Waals surface area contributed by atoms with Crippen LogP contribution < -0.4 is 5.32 Å². The molecule has 1 aliphatic rings. The number of hydrogen-bond donors (Lipinski definition) is 3. The second kappa shape index (κ2) is 7.35. The molecular weight excluding hydrogens is 310 g/mol. The lowest BCUT2D eigenvalue weighted by atomic mass is 10.0. The molecule has 4 heteroatoms. The SMILES string of the molecule is Oc1ccc2c(c1)C[C@@H](NC[C@H](O)c1cccc(Cl)c1)CCC2. The first kappa shape index (κ1) is 16.3. The van der Waals surface area contributed by atoms with Crippen molar-refractivity contribution < 1.29 is 10.2 Å². The predicted octanol–water partition coefficient (Wildman–Crippen LogP) is 3.62. The van der Waals surface area contributed by atoms with Crippen molar-refractivity contribution in [2.75, 3.05) is 6.54 Å². The number of nitrogens with one attached hydrogen (secondary N) is 1. The monoisotopic (exact) mass is 331 g/mol. The van der Waals surface area contributed by atoms with Crippen molar-refractivity contribution in [3.05, 3.63) is 64.2 Å². The molecule has 0 unspecified atom stereocenters. The van der Waals surface area contributed by atoms with Gasteiger partial charge >= 0.3 is 0 Å². The summed E-state index contributed by atoms with van der Waals surface area (Å²) in [4.78, 5) is 0. The van der Waals surface area contributed by atoms with E-state index in [0.717, 1.165) is 31.2 Å². The van der Waals surface area contributed by atoms with Crippen LogP contribution in [0, 0.1) is 0 Å². The summed E-state index contributed by atoms with van der Waals surface area (Å²) in [5, 5.41) is 24.1. The number of aryl methyl sites for hydroxylation is 1. The van der Waals surface area contributed by atoms with Crippen LogP contribution in [-0.2, 0) is 12.8 Å². The van der Waals surface area contributed by atoms with Gasteiger partial charge in [0.1, 0.15) is 5.75 Å². The third kappa shape index (κ3) is 4.25. The van der Waals surface area contributed by atoms with Gasteiger partial charge in [0.25, 0.3) is 0 Å². The van der Waals surface area contributed by atoms with Gasteiger partial charge in [0.05, 0.1) is 6.10 Å². The van der Waals surface area contributed by atoms with Crippen molar-refractivity contribution in [2.45, 2.75) is 37.8 Å². The lowest BCUT2D eigenvalue weighted by Crippen LogP contribution is -2.34. The molecule has 0 aliphatic heterocycles. The molecule has 0 saturated carbocycles. The van der Waals surface area contributed by atoms with Crippen LogP contribution in [-0.4, -0.2) is 22.8 Å². The van der Waals surface area contributed by atoms with Crippen LogP contribution in [0.25, 0.3) is 0 Å². The molecule has 23 heavy (non-hydrogen) atoms. The summed E-state index contributed by atoms with van der Waals surface area (Å²) in [6.45, 7) is 0.499. The van der Waals surface area contributed by atoms with Crippen molar-refractivity contribution in [3.63, 3.8) is 0 Å². The number of fused-ring (bicyclic) bond motifs is 1. The van der Waals surface area contributed by atoms with E-state index in [2.05, 4.69) is 5.32 Å². The second-order valence-electron chi connectivity index (χ2n) is 6.23. The van der Waals surface area contributed by atoms with Gasteiger partial charge in [-0.15, -0.1) is 0 Å². The number of rotatable bonds is 4. The maximum absolute atomic E-state index is 10.3. The van der Waals surface area contributed by atoms with Gasteiger partial charge in [-0.05, 0) is 66.6 Å². The Morgan fingerprint density at radius 1 is 1.17 bits per heavy atom. The third-order valence-electron chi connectivity index (χ3n) is 4.49. The Hall–Kier alpha value is -1.55. The predicted molar refractivity (Wildman–Crippen MR) is 93.0 cm³/mol. The molecule has 3 N–H and O–H groups in total. The second-order valence-corrected chi connectivity index (χ2v) is 6.66. The molecule has 0 amide bonds. The molecular formula is C19H22ClNO2. The summed E-state index contributed by atoms with van der Waals surface area (Å²) >= 11 is 5.98. The molecule has 2 aromatic carbocycles. The largest absolute Gasteiger partial charge is 0.508 e. The van der Waals surface area contributed by atoms with E-state index in [4.69, 9.17) is 11.6 Å². The molecule has 0 radical (unpaired) electrons. The zero-order valence-electron chi connectivity index (χ0n) is 13.0.